The van der Waals surface area contributed by atoms with Crippen LogP contribution in [0.1, 0.15) is 63.9 Å². The lowest BCUT2D eigenvalue weighted by atomic mass is 9.94. The third-order valence-electron chi connectivity index (χ3n) is 14.2. The molecule has 5 aromatic carbocycles. The fraction of sp³-hybridized carbons (Fsp3) is 0.241. The highest BCUT2D eigenvalue weighted by atomic mass is 32.2. The zero-order valence-electron chi connectivity index (χ0n) is 41.3. The number of nitrogens with one attached hydrogen (secondary N) is 2. The molecule has 0 spiro atoms. The SMILES string of the molecule is N#Cc1ccc([C@H]2NC(=O)N(c3cccc(C(F)(F)F)c3)C3=C2C(=O)N(CCC[N+](CCCN2CC4=C(C2=O)[C@@H](c2ccc(C#N)cc2)NC(=O)N4c2cccc(C(F)(F)F)c2)(Cc2ccc(S(N)(=O)=O)cc2)C(=O)O)C3)cc1. The average molecular weight is 1110 g/mol. The number of nitriles is 2. The first-order valence-electron chi connectivity index (χ1n) is 24.2. The van der Waals surface area contributed by atoms with Crippen LogP contribution in [0.4, 0.5) is 52.1 Å². The van der Waals surface area contributed by atoms with Gasteiger partial charge in [-0.2, -0.15) is 41.7 Å². The number of urea groups is 2. The number of carbonyl (C=O) groups is 5. The number of rotatable bonds is 15. The fourth-order valence-electron chi connectivity index (χ4n) is 10.3. The maximum atomic E-state index is 14.6. The molecular weight excluding hydrogens is 1060 g/mol. The van der Waals surface area contributed by atoms with Crippen molar-refractivity contribution >= 4 is 51.4 Å². The molecule has 0 aromatic heterocycles. The highest BCUT2D eigenvalue weighted by molar-refractivity contribution is 7.89. The minimum Gasteiger partial charge on any atom is -0.435 e. The predicted molar refractivity (Wildman–Crippen MR) is 269 cm³/mol. The van der Waals surface area contributed by atoms with Crippen molar-refractivity contribution in [2.75, 3.05) is 49.1 Å². The molecule has 4 heterocycles. The summed E-state index contributed by atoms with van der Waals surface area (Å²) in [5.41, 5.74) is -0.658. The zero-order chi connectivity index (χ0) is 56.8. The van der Waals surface area contributed by atoms with Crippen molar-refractivity contribution in [1.82, 2.24) is 20.4 Å². The Balaban J connectivity index is 0.996. The molecule has 0 fully saturated rings. The minimum absolute atomic E-state index is 0.0205. The lowest BCUT2D eigenvalue weighted by Gasteiger charge is -2.34. The van der Waals surface area contributed by atoms with Gasteiger partial charge in [0.25, 0.3) is 11.8 Å². The van der Waals surface area contributed by atoms with E-state index in [2.05, 4.69) is 10.6 Å². The number of halogens is 6. The lowest BCUT2D eigenvalue weighted by Crippen LogP contribution is -2.54. The molecule has 9 rings (SSSR count). The van der Waals surface area contributed by atoms with Crippen LogP contribution in [0, 0.1) is 22.7 Å². The Morgan fingerprint density at radius 2 is 1.05 bits per heavy atom. The van der Waals surface area contributed by atoms with Crippen molar-refractivity contribution in [1.29, 1.82) is 10.5 Å². The van der Waals surface area contributed by atoms with Gasteiger partial charge in [0.15, 0.2) is 0 Å². The number of alkyl halides is 6. The molecule has 0 saturated heterocycles. The van der Waals surface area contributed by atoms with Crippen LogP contribution in [0.25, 0.3) is 0 Å². The van der Waals surface area contributed by atoms with Gasteiger partial charge in [-0.15, -0.1) is 0 Å². The summed E-state index contributed by atoms with van der Waals surface area (Å²) in [6.07, 6.45) is -11.0. The molecule has 0 saturated carbocycles. The summed E-state index contributed by atoms with van der Waals surface area (Å²) in [6, 6.07) is 25.2. The van der Waals surface area contributed by atoms with Crippen LogP contribution in [0.5, 0.6) is 0 Å². The molecule has 5 aromatic rings. The Labute approximate surface area is 447 Å². The molecule has 0 bridgehead atoms. The monoisotopic (exact) mass is 1110 g/mol. The molecule has 18 nitrogen and oxygen atoms in total. The summed E-state index contributed by atoms with van der Waals surface area (Å²) in [6.45, 7) is -1.62. The third kappa shape index (κ3) is 11.0. The average Bonchev–Trinajstić information content (AvgIpc) is 3.92. The van der Waals surface area contributed by atoms with Gasteiger partial charge in [-0.05, 0) is 83.9 Å². The number of benzene rings is 5. The van der Waals surface area contributed by atoms with Crippen molar-refractivity contribution in [2.45, 2.75) is 48.7 Å². The van der Waals surface area contributed by atoms with Gasteiger partial charge >= 0.3 is 30.5 Å². The molecule has 5 N–H and O–H groups in total. The summed E-state index contributed by atoms with van der Waals surface area (Å²) in [5.74, 6) is -1.24. The molecular formula is C54H45F6N10O8S+. The van der Waals surface area contributed by atoms with Crippen LogP contribution < -0.4 is 25.6 Å². The lowest BCUT2D eigenvalue weighted by molar-refractivity contribution is -0.871. The first-order valence-corrected chi connectivity index (χ1v) is 25.8. The van der Waals surface area contributed by atoms with Gasteiger partial charge in [0, 0.05) is 31.5 Å². The molecule has 406 valence electrons. The first kappa shape index (κ1) is 54.7. The van der Waals surface area contributed by atoms with Crippen LogP contribution in [0.15, 0.2) is 149 Å². The molecule has 7 amide bonds. The van der Waals surface area contributed by atoms with Crippen LogP contribution >= 0.6 is 0 Å². The number of nitrogens with zero attached hydrogens (tertiary/aromatic N) is 7. The van der Waals surface area contributed by atoms with Gasteiger partial charge in [0.2, 0.25) is 10.0 Å². The van der Waals surface area contributed by atoms with E-state index in [1.807, 2.05) is 12.1 Å². The van der Waals surface area contributed by atoms with E-state index in [-0.39, 0.29) is 109 Å². The van der Waals surface area contributed by atoms with Gasteiger partial charge in [-0.25, -0.2) is 27.6 Å². The van der Waals surface area contributed by atoms with Crippen molar-refractivity contribution in [3.05, 3.63) is 183 Å². The van der Waals surface area contributed by atoms with Crippen LogP contribution in [0.3, 0.4) is 0 Å². The number of amides is 7. The standard InChI is InChI=1S/C54H44F6N10O8S/c55-53(56,57)37-5-1-7-39(25-37)68-42-29-66(48(71)44(42)46(64-50(68)73)35-15-9-32(27-61)10-16-35)21-3-23-70(52(75)76,31-34-13-19-41(20-14-34)79(63,77)78)24-4-22-67-30-43-45(49(67)72)47(36-17-11-33(28-62)12-18-36)65-51(74)69(43)40-8-2-6-38(26-40)54(58,59)60/h1-2,5-20,25-26,46-47H,3-4,21-24,29-31H2,(H4-,63,64,65,73,74,75,76,77,78)/p+1/t46-,47-/m1/s1. The number of primary sulfonamides is 1. The molecule has 2 atom stereocenters. The van der Waals surface area contributed by atoms with Gasteiger partial charge in [0.1, 0.15) is 6.54 Å². The minimum atomic E-state index is -4.79. The molecule has 79 heavy (non-hydrogen) atoms. The van der Waals surface area contributed by atoms with Crippen molar-refractivity contribution in [3.8, 4) is 12.1 Å². The number of hydrogen-bond donors (Lipinski definition) is 4. The van der Waals surface area contributed by atoms with E-state index >= 15 is 0 Å². The second kappa shape index (κ2) is 21.1. The Hall–Kier alpha value is -9.04. The van der Waals surface area contributed by atoms with Crippen molar-refractivity contribution in [2.24, 2.45) is 5.14 Å². The maximum Gasteiger partial charge on any atom is 0.513 e. The molecule has 0 aliphatic carbocycles. The van der Waals surface area contributed by atoms with Crippen LogP contribution in [-0.2, 0) is 38.5 Å². The maximum absolute atomic E-state index is 14.6. The van der Waals surface area contributed by atoms with E-state index in [9.17, 15) is 74.4 Å². The summed E-state index contributed by atoms with van der Waals surface area (Å²) in [7, 11) is -4.16. The quantitative estimate of drug-likeness (QED) is 0.0580. The number of carboxylic acid groups (broad SMARTS) is 1. The fourth-order valence-corrected chi connectivity index (χ4v) is 10.8. The Morgan fingerprint density at radius 1 is 0.646 bits per heavy atom. The Bertz CT molecular complexity index is 3390. The topological polar surface area (TPSA) is 250 Å². The highest BCUT2D eigenvalue weighted by Gasteiger charge is 2.48. The van der Waals surface area contributed by atoms with E-state index in [4.69, 9.17) is 5.14 Å². The van der Waals surface area contributed by atoms with Gasteiger partial charge in [-0.1, -0.05) is 48.5 Å². The predicted octanol–water partition coefficient (Wildman–Crippen LogP) is 8.02. The number of hydrogen-bond acceptors (Lipinski definition) is 9. The van der Waals surface area contributed by atoms with Crippen molar-refractivity contribution < 1.29 is 68.3 Å². The Kier molecular flexibility index (Phi) is 14.6. The number of nitrogens with two attached hydrogens (primary N) is 1. The van der Waals surface area contributed by atoms with Gasteiger partial charge in [0.05, 0.1) is 111 Å². The summed E-state index contributed by atoms with van der Waals surface area (Å²) in [5, 5.41) is 40.8. The smallest absolute Gasteiger partial charge is 0.435 e. The molecule has 25 heteroatoms. The molecule has 0 unspecified atom stereocenters. The van der Waals surface area contributed by atoms with Crippen LogP contribution in [-0.4, -0.2) is 97.0 Å². The highest BCUT2D eigenvalue weighted by Crippen LogP contribution is 2.43. The molecule has 4 aliphatic rings. The number of sulfonamides is 1. The van der Waals surface area contributed by atoms with E-state index in [1.165, 1.54) is 94.7 Å². The van der Waals surface area contributed by atoms with E-state index in [0.29, 0.717) is 16.7 Å². The first-order chi connectivity index (χ1) is 37.4. The summed E-state index contributed by atoms with van der Waals surface area (Å²) in [4.78, 5) is 75.2. The molecule has 4 aliphatic heterocycles. The van der Waals surface area contributed by atoms with Gasteiger partial charge in [-0.3, -0.25) is 19.4 Å². The van der Waals surface area contributed by atoms with Gasteiger partial charge < -0.3 is 25.5 Å². The largest absolute Gasteiger partial charge is 0.513 e. The van der Waals surface area contributed by atoms with E-state index in [0.717, 1.165) is 46.2 Å². The number of anilines is 2. The number of carbonyl (C=O) groups excluding carboxylic acids is 4. The zero-order valence-corrected chi connectivity index (χ0v) is 42.1. The van der Waals surface area contributed by atoms with Crippen LogP contribution in [0.2, 0.25) is 0 Å². The van der Waals surface area contributed by atoms with E-state index in [1.54, 1.807) is 0 Å². The molecule has 0 radical (unpaired) electrons. The Morgan fingerprint density at radius 3 is 1.41 bits per heavy atom. The second-order valence-corrected chi connectivity index (χ2v) is 20.7. The second-order valence-electron chi connectivity index (χ2n) is 19.1. The number of quaternary nitrogens is 1. The summed E-state index contributed by atoms with van der Waals surface area (Å²) < 4.78 is 107. The third-order valence-corrected chi connectivity index (χ3v) is 15.1. The normalized spacial score (nSPS) is 17.8. The van der Waals surface area contributed by atoms with E-state index < -0.39 is 80.0 Å². The van der Waals surface area contributed by atoms with Crippen molar-refractivity contribution in [3.63, 3.8) is 0 Å². The summed E-state index contributed by atoms with van der Waals surface area (Å²) >= 11 is 0.